The Morgan fingerprint density at radius 3 is 2.55 bits per heavy atom. The normalized spacial score (nSPS) is 30.2. The molecule has 0 spiro atoms. The molecule has 3 heteroatoms. The van der Waals surface area contributed by atoms with E-state index < -0.39 is 5.97 Å². The Balaban J connectivity index is 1.64. The van der Waals surface area contributed by atoms with Crippen LogP contribution < -0.4 is 0 Å². The van der Waals surface area contributed by atoms with Gasteiger partial charge in [0.25, 0.3) is 0 Å². The zero-order valence-corrected chi connectivity index (χ0v) is 17.0. The van der Waals surface area contributed by atoms with Gasteiger partial charge in [-0.1, -0.05) is 43.7 Å². The monoisotopic (exact) mass is 388 g/mol. The highest BCUT2D eigenvalue weighted by molar-refractivity contribution is 6.11. The molecule has 150 valence electrons. The van der Waals surface area contributed by atoms with Gasteiger partial charge in [-0.15, -0.1) is 0 Å². The van der Waals surface area contributed by atoms with Crippen LogP contribution in [0.1, 0.15) is 88.8 Å². The first-order valence-corrected chi connectivity index (χ1v) is 11.0. The fraction of sp³-hybridized carbons (Fsp3) is 0.462. The van der Waals surface area contributed by atoms with Gasteiger partial charge in [0.2, 0.25) is 0 Å². The molecule has 0 unspecified atom stereocenters. The SMILES string of the molecule is C[C@@]12CCC[C@H]1[C@@H]1CCc3cc(C(=O)O)cc(C(=O)c4ccccc4)c3[C@H]1CC2. The third kappa shape index (κ3) is 2.94. The molecule has 2 fully saturated rings. The van der Waals surface area contributed by atoms with Crippen molar-refractivity contribution < 1.29 is 14.7 Å². The summed E-state index contributed by atoms with van der Waals surface area (Å²) in [5.74, 6) is 0.768. The molecule has 0 bridgehead atoms. The predicted octanol–water partition coefficient (Wildman–Crippen LogP) is 5.86. The van der Waals surface area contributed by atoms with Crippen molar-refractivity contribution in [1.29, 1.82) is 0 Å². The number of aryl methyl sites for hydroxylation is 1. The van der Waals surface area contributed by atoms with Crippen LogP contribution in [-0.2, 0) is 6.42 Å². The molecule has 3 aliphatic carbocycles. The lowest BCUT2D eigenvalue weighted by molar-refractivity contribution is 0.0593. The Morgan fingerprint density at radius 1 is 1.00 bits per heavy atom. The Kier molecular flexibility index (Phi) is 4.38. The molecule has 2 saturated carbocycles. The van der Waals surface area contributed by atoms with Crippen LogP contribution in [0.5, 0.6) is 0 Å². The van der Waals surface area contributed by atoms with Crippen molar-refractivity contribution in [2.24, 2.45) is 17.3 Å². The van der Waals surface area contributed by atoms with Crippen LogP contribution in [0.3, 0.4) is 0 Å². The molecule has 4 atom stereocenters. The van der Waals surface area contributed by atoms with Crippen LogP contribution in [0.15, 0.2) is 42.5 Å². The summed E-state index contributed by atoms with van der Waals surface area (Å²) < 4.78 is 0. The summed E-state index contributed by atoms with van der Waals surface area (Å²) in [6, 6.07) is 12.8. The highest BCUT2D eigenvalue weighted by Gasteiger charge is 2.50. The van der Waals surface area contributed by atoms with E-state index in [1.54, 1.807) is 6.07 Å². The number of carbonyl (C=O) groups excluding carboxylic acids is 1. The van der Waals surface area contributed by atoms with Crippen molar-refractivity contribution in [3.63, 3.8) is 0 Å². The predicted molar refractivity (Wildman–Crippen MR) is 113 cm³/mol. The molecular formula is C26H28O3. The molecule has 0 radical (unpaired) electrons. The summed E-state index contributed by atoms with van der Waals surface area (Å²) in [4.78, 5) is 25.2. The van der Waals surface area contributed by atoms with E-state index in [1.807, 2.05) is 36.4 Å². The van der Waals surface area contributed by atoms with E-state index in [2.05, 4.69) is 6.92 Å². The van der Waals surface area contributed by atoms with Gasteiger partial charge in [0.05, 0.1) is 5.56 Å². The Morgan fingerprint density at radius 2 is 1.79 bits per heavy atom. The summed E-state index contributed by atoms with van der Waals surface area (Å²) in [5, 5.41) is 9.64. The van der Waals surface area contributed by atoms with Gasteiger partial charge >= 0.3 is 5.97 Å². The standard InChI is InChI=1S/C26H28O3/c1-26-12-5-8-22(26)19-10-9-17-14-18(25(28)29)15-21(23(17)20(19)11-13-26)24(27)16-6-3-2-4-7-16/h2-4,6-7,14-15,19-20,22H,5,8-13H2,1H3,(H,28,29)/t19-,20+,22+,26+/m1/s1. The number of hydrogen-bond donors (Lipinski definition) is 1. The Bertz CT molecular complexity index is 977. The molecule has 0 saturated heterocycles. The average Bonchev–Trinajstić information content (AvgIpc) is 3.14. The molecule has 3 nitrogen and oxygen atoms in total. The van der Waals surface area contributed by atoms with Gasteiger partial charge < -0.3 is 5.11 Å². The van der Waals surface area contributed by atoms with E-state index in [-0.39, 0.29) is 11.3 Å². The van der Waals surface area contributed by atoms with Crippen LogP contribution in [-0.4, -0.2) is 16.9 Å². The minimum absolute atomic E-state index is 0.0367. The van der Waals surface area contributed by atoms with Crippen molar-refractivity contribution in [3.05, 3.63) is 70.3 Å². The lowest BCUT2D eigenvalue weighted by Gasteiger charge is -2.49. The van der Waals surface area contributed by atoms with E-state index in [1.165, 1.54) is 25.7 Å². The van der Waals surface area contributed by atoms with Crippen molar-refractivity contribution in [2.75, 3.05) is 0 Å². The van der Waals surface area contributed by atoms with E-state index >= 15 is 0 Å². The van der Waals surface area contributed by atoms with Gasteiger partial charge in [0.15, 0.2) is 5.78 Å². The summed E-state index contributed by atoms with van der Waals surface area (Å²) >= 11 is 0. The van der Waals surface area contributed by atoms with E-state index in [4.69, 9.17) is 0 Å². The number of fused-ring (bicyclic) bond motifs is 5. The largest absolute Gasteiger partial charge is 0.478 e. The number of ketones is 1. The minimum atomic E-state index is -0.955. The maximum atomic E-state index is 13.5. The molecular weight excluding hydrogens is 360 g/mol. The van der Waals surface area contributed by atoms with Gasteiger partial charge in [-0.05, 0) is 85.0 Å². The number of benzene rings is 2. The molecule has 29 heavy (non-hydrogen) atoms. The molecule has 3 aliphatic rings. The zero-order valence-electron chi connectivity index (χ0n) is 17.0. The molecule has 0 amide bonds. The third-order valence-corrected chi connectivity index (χ3v) is 8.13. The van der Waals surface area contributed by atoms with E-state index in [0.29, 0.717) is 28.4 Å². The van der Waals surface area contributed by atoms with Gasteiger partial charge in [0, 0.05) is 11.1 Å². The fourth-order valence-corrected chi connectivity index (χ4v) is 6.78. The Hall–Kier alpha value is -2.42. The molecule has 2 aromatic carbocycles. The zero-order chi connectivity index (χ0) is 20.2. The number of aromatic carboxylic acids is 1. The maximum absolute atomic E-state index is 13.5. The minimum Gasteiger partial charge on any atom is -0.478 e. The summed E-state index contributed by atoms with van der Waals surface area (Å²) in [5.41, 5.74) is 4.22. The summed E-state index contributed by atoms with van der Waals surface area (Å²) in [7, 11) is 0. The average molecular weight is 389 g/mol. The summed E-state index contributed by atoms with van der Waals surface area (Å²) in [6.07, 6.45) is 8.32. The van der Waals surface area contributed by atoms with Crippen LogP contribution in [0, 0.1) is 17.3 Å². The fourth-order valence-electron chi connectivity index (χ4n) is 6.78. The smallest absolute Gasteiger partial charge is 0.335 e. The van der Waals surface area contributed by atoms with Crippen LogP contribution >= 0.6 is 0 Å². The molecule has 0 aromatic heterocycles. The van der Waals surface area contributed by atoms with Gasteiger partial charge in [-0.25, -0.2) is 4.79 Å². The highest BCUT2D eigenvalue weighted by atomic mass is 16.4. The van der Waals surface area contributed by atoms with Crippen LogP contribution in [0.25, 0.3) is 0 Å². The second-order valence-electron chi connectivity index (χ2n) is 9.60. The second kappa shape index (κ2) is 6.83. The molecule has 1 N–H and O–H groups in total. The van der Waals surface area contributed by atoms with Crippen LogP contribution in [0.2, 0.25) is 0 Å². The molecule has 2 aromatic rings. The highest BCUT2D eigenvalue weighted by Crippen LogP contribution is 2.61. The van der Waals surface area contributed by atoms with Gasteiger partial charge in [-0.2, -0.15) is 0 Å². The number of carbonyl (C=O) groups is 2. The number of rotatable bonds is 3. The number of hydrogen-bond acceptors (Lipinski definition) is 2. The first kappa shape index (κ1) is 18.6. The van der Waals surface area contributed by atoms with E-state index in [0.717, 1.165) is 36.3 Å². The molecule has 0 heterocycles. The first-order valence-electron chi connectivity index (χ1n) is 11.0. The van der Waals surface area contributed by atoms with Crippen molar-refractivity contribution >= 4 is 11.8 Å². The van der Waals surface area contributed by atoms with Gasteiger partial charge in [0.1, 0.15) is 0 Å². The van der Waals surface area contributed by atoms with Crippen molar-refractivity contribution in [1.82, 2.24) is 0 Å². The Labute approximate surface area is 172 Å². The van der Waals surface area contributed by atoms with Crippen LogP contribution in [0.4, 0.5) is 0 Å². The van der Waals surface area contributed by atoms with Gasteiger partial charge in [-0.3, -0.25) is 4.79 Å². The molecule has 5 rings (SSSR count). The third-order valence-electron chi connectivity index (χ3n) is 8.13. The quantitative estimate of drug-likeness (QED) is 0.670. The maximum Gasteiger partial charge on any atom is 0.335 e. The van der Waals surface area contributed by atoms with Crippen molar-refractivity contribution in [3.8, 4) is 0 Å². The second-order valence-corrected chi connectivity index (χ2v) is 9.60. The first-order chi connectivity index (χ1) is 14.0. The summed E-state index contributed by atoms with van der Waals surface area (Å²) in [6.45, 7) is 2.47. The molecule has 0 aliphatic heterocycles. The lowest BCUT2D eigenvalue weighted by Crippen LogP contribution is -2.40. The van der Waals surface area contributed by atoms with Crippen molar-refractivity contribution in [2.45, 2.75) is 57.8 Å². The topological polar surface area (TPSA) is 54.4 Å². The number of carboxylic acid groups (broad SMARTS) is 1. The number of carboxylic acids is 1. The lowest BCUT2D eigenvalue weighted by atomic mass is 9.55. The van der Waals surface area contributed by atoms with E-state index in [9.17, 15) is 14.7 Å².